The Labute approximate surface area is 57.1 Å². The molecule has 1 aliphatic carbocycles. The number of rotatable bonds is 2. The first-order chi connectivity index (χ1) is 4.43. The Kier molecular flexibility index (Phi) is 3.05. The van der Waals surface area contributed by atoms with E-state index in [-0.39, 0.29) is 6.61 Å². The van der Waals surface area contributed by atoms with Gasteiger partial charge < -0.3 is 5.11 Å². The van der Waals surface area contributed by atoms with Crippen LogP contribution >= 0.6 is 0 Å². The SMILES string of the molecule is OC[CH]C1CCCCC1. The summed E-state index contributed by atoms with van der Waals surface area (Å²) in [7, 11) is 0. The molecule has 1 radical (unpaired) electrons. The van der Waals surface area contributed by atoms with Crippen molar-refractivity contribution in [1.29, 1.82) is 0 Å². The molecule has 1 heteroatoms. The van der Waals surface area contributed by atoms with Gasteiger partial charge in [-0.3, -0.25) is 0 Å². The predicted molar refractivity (Wildman–Crippen MR) is 38.0 cm³/mol. The summed E-state index contributed by atoms with van der Waals surface area (Å²) in [5.74, 6) is 0.726. The summed E-state index contributed by atoms with van der Waals surface area (Å²) in [5, 5.41) is 8.56. The Bertz CT molecular complexity index is 62.2. The van der Waals surface area contributed by atoms with Crippen molar-refractivity contribution in [3.05, 3.63) is 6.42 Å². The maximum absolute atomic E-state index is 8.56. The van der Waals surface area contributed by atoms with Crippen LogP contribution in [0.15, 0.2) is 0 Å². The highest BCUT2D eigenvalue weighted by Crippen LogP contribution is 2.24. The van der Waals surface area contributed by atoms with Gasteiger partial charge in [-0.25, -0.2) is 0 Å². The van der Waals surface area contributed by atoms with Crippen LogP contribution in [0, 0.1) is 12.3 Å². The normalized spacial score (nSPS) is 22.3. The van der Waals surface area contributed by atoms with Crippen molar-refractivity contribution in [2.24, 2.45) is 5.92 Å². The Morgan fingerprint density at radius 2 is 1.89 bits per heavy atom. The zero-order valence-corrected chi connectivity index (χ0v) is 5.84. The number of aliphatic hydroxyl groups is 1. The predicted octanol–water partition coefficient (Wildman–Crippen LogP) is 1.76. The van der Waals surface area contributed by atoms with Crippen molar-refractivity contribution < 1.29 is 5.11 Å². The van der Waals surface area contributed by atoms with Crippen LogP contribution in [0.5, 0.6) is 0 Å². The molecular formula is C8H15O. The summed E-state index contributed by atoms with van der Waals surface area (Å²) in [6.07, 6.45) is 8.78. The van der Waals surface area contributed by atoms with Gasteiger partial charge in [0.25, 0.3) is 0 Å². The zero-order valence-electron chi connectivity index (χ0n) is 5.84. The fraction of sp³-hybridized carbons (Fsp3) is 0.875. The Morgan fingerprint density at radius 3 is 2.44 bits per heavy atom. The fourth-order valence-corrected chi connectivity index (χ4v) is 1.52. The highest BCUT2D eigenvalue weighted by Gasteiger charge is 2.11. The Hall–Kier alpha value is -0.0400. The molecule has 0 saturated heterocycles. The average Bonchev–Trinajstić information content (AvgIpc) is 1.91. The van der Waals surface area contributed by atoms with Gasteiger partial charge >= 0.3 is 0 Å². The number of hydrogen-bond donors (Lipinski definition) is 1. The largest absolute Gasteiger partial charge is 0.396 e. The molecule has 1 N–H and O–H groups in total. The molecule has 0 amide bonds. The quantitative estimate of drug-likeness (QED) is 0.599. The lowest BCUT2D eigenvalue weighted by atomic mass is 9.87. The lowest BCUT2D eigenvalue weighted by Gasteiger charge is -2.19. The van der Waals surface area contributed by atoms with E-state index in [4.69, 9.17) is 5.11 Å². The summed E-state index contributed by atoms with van der Waals surface area (Å²) in [5.41, 5.74) is 0. The minimum absolute atomic E-state index is 0.269. The van der Waals surface area contributed by atoms with Crippen LogP contribution in [0.3, 0.4) is 0 Å². The molecule has 1 fully saturated rings. The number of aliphatic hydroxyl groups excluding tert-OH is 1. The van der Waals surface area contributed by atoms with Gasteiger partial charge in [-0.05, 0) is 12.3 Å². The summed E-state index contributed by atoms with van der Waals surface area (Å²) in [6, 6.07) is 0. The zero-order chi connectivity index (χ0) is 6.53. The lowest BCUT2D eigenvalue weighted by molar-refractivity contribution is 0.288. The average molecular weight is 127 g/mol. The van der Waals surface area contributed by atoms with Crippen molar-refractivity contribution in [3.63, 3.8) is 0 Å². The van der Waals surface area contributed by atoms with Crippen molar-refractivity contribution in [1.82, 2.24) is 0 Å². The summed E-state index contributed by atoms with van der Waals surface area (Å²) < 4.78 is 0. The minimum Gasteiger partial charge on any atom is -0.396 e. The van der Waals surface area contributed by atoms with Crippen molar-refractivity contribution in [2.45, 2.75) is 32.1 Å². The van der Waals surface area contributed by atoms with Gasteiger partial charge in [-0.1, -0.05) is 32.1 Å². The maximum Gasteiger partial charge on any atom is 0.0465 e. The van der Waals surface area contributed by atoms with Gasteiger partial charge in [0.2, 0.25) is 0 Å². The van der Waals surface area contributed by atoms with Gasteiger partial charge in [0.1, 0.15) is 0 Å². The molecule has 1 rings (SSSR count). The van der Waals surface area contributed by atoms with Gasteiger partial charge in [0.15, 0.2) is 0 Å². The van der Waals surface area contributed by atoms with E-state index in [1.54, 1.807) is 0 Å². The first kappa shape index (κ1) is 7.07. The topological polar surface area (TPSA) is 20.2 Å². The summed E-state index contributed by atoms with van der Waals surface area (Å²) in [4.78, 5) is 0. The van der Waals surface area contributed by atoms with E-state index in [0.717, 1.165) is 5.92 Å². The van der Waals surface area contributed by atoms with Crippen LogP contribution in [-0.4, -0.2) is 11.7 Å². The van der Waals surface area contributed by atoms with Gasteiger partial charge in [-0.2, -0.15) is 0 Å². The van der Waals surface area contributed by atoms with Crippen molar-refractivity contribution >= 4 is 0 Å². The molecule has 0 heterocycles. The highest BCUT2D eigenvalue weighted by atomic mass is 16.3. The first-order valence-electron chi connectivity index (χ1n) is 3.87. The van der Waals surface area contributed by atoms with Gasteiger partial charge in [-0.15, -0.1) is 0 Å². The molecule has 0 spiro atoms. The molecule has 0 bridgehead atoms. The molecule has 1 saturated carbocycles. The summed E-state index contributed by atoms with van der Waals surface area (Å²) in [6.45, 7) is 0.269. The maximum atomic E-state index is 8.56. The molecule has 0 aromatic heterocycles. The second-order valence-electron chi connectivity index (χ2n) is 2.82. The molecule has 0 aliphatic heterocycles. The summed E-state index contributed by atoms with van der Waals surface area (Å²) >= 11 is 0. The monoisotopic (exact) mass is 127 g/mol. The minimum atomic E-state index is 0.269. The van der Waals surface area contributed by atoms with E-state index in [1.807, 2.05) is 6.42 Å². The molecule has 1 aliphatic rings. The smallest absolute Gasteiger partial charge is 0.0465 e. The van der Waals surface area contributed by atoms with E-state index >= 15 is 0 Å². The van der Waals surface area contributed by atoms with Crippen LogP contribution in [-0.2, 0) is 0 Å². The fourth-order valence-electron chi connectivity index (χ4n) is 1.52. The van der Waals surface area contributed by atoms with Gasteiger partial charge in [0, 0.05) is 6.61 Å². The second kappa shape index (κ2) is 3.89. The van der Waals surface area contributed by atoms with Crippen LogP contribution < -0.4 is 0 Å². The van der Waals surface area contributed by atoms with Crippen molar-refractivity contribution in [2.75, 3.05) is 6.61 Å². The van der Waals surface area contributed by atoms with E-state index in [2.05, 4.69) is 0 Å². The molecular weight excluding hydrogens is 112 g/mol. The van der Waals surface area contributed by atoms with E-state index in [1.165, 1.54) is 32.1 Å². The van der Waals surface area contributed by atoms with Crippen LogP contribution in [0.4, 0.5) is 0 Å². The third-order valence-corrected chi connectivity index (χ3v) is 2.09. The van der Waals surface area contributed by atoms with Crippen LogP contribution in [0.1, 0.15) is 32.1 Å². The second-order valence-corrected chi connectivity index (χ2v) is 2.82. The molecule has 0 unspecified atom stereocenters. The highest BCUT2D eigenvalue weighted by molar-refractivity contribution is 4.77. The van der Waals surface area contributed by atoms with E-state index in [9.17, 15) is 0 Å². The van der Waals surface area contributed by atoms with Crippen LogP contribution in [0.25, 0.3) is 0 Å². The third-order valence-electron chi connectivity index (χ3n) is 2.09. The Morgan fingerprint density at radius 1 is 1.22 bits per heavy atom. The Balaban J connectivity index is 2.08. The molecule has 1 nitrogen and oxygen atoms in total. The van der Waals surface area contributed by atoms with Crippen LogP contribution in [0.2, 0.25) is 0 Å². The third kappa shape index (κ3) is 2.35. The standard InChI is InChI=1S/C8H15O/c9-7-6-8-4-2-1-3-5-8/h6,8-9H,1-5,7H2. The van der Waals surface area contributed by atoms with Gasteiger partial charge in [0.05, 0.1) is 0 Å². The lowest BCUT2D eigenvalue weighted by Crippen LogP contribution is -2.08. The molecule has 0 atom stereocenters. The molecule has 53 valence electrons. The van der Waals surface area contributed by atoms with Crippen molar-refractivity contribution in [3.8, 4) is 0 Å². The molecule has 9 heavy (non-hydrogen) atoms. The first-order valence-corrected chi connectivity index (χ1v) is 3.87. The number of hydrogen-bond acceptors (Lipinski definition) is 1. The molecule has 0 aromatic rings. The van der Waals surface area contributed by atoms with E-state index in [0.29, 0.717) is 0 Å². The molecule has 0 aromatic carbocycles. The van der Waals surface area contributed by atoms with E-state index < -0.39 is 0 Å².